The third kappa shape index (κ3) is 2.65. The van der Waals surface area contributed by atoms with Gasteiger partial charge in [-0.2, -0.15) is 0 Å². The number of hydrogen-bond acceptors (Lipinski definition) is 3. The van der Waals surface area contributed by atoms with Crippen LogP contribution in [-0.2, 0) is 0 Å². The van der Waals surface area contributed by atoms with Crippen molar-refractivity contribution in [2.75, 3.05) is 24.5 Å². The first-order chi connectivity index (χ1) is 8.77. The number of anilines is 1. The highest BCUT2D eigenvalue weighted by molar-refractivity contribution is 9.10. The number of nitrogens with zero attached hydrogens (tertiary/aromatic N) is 2. The van der Waals surface area contributed by atoms with E-state index in [0.717, 1.165) is 29.8 Å². The first-order valence-corrected chi connectivity index (χ1v) is 7.05. The molecular weight excluding hydrogens is 290 g/mol. The van der Waals surface area contributed by atoms with Crippen molar-refractivity contribution in [2.45, 2.75) is 13.3 Å². The van der Waals surface area contributed by atoms with Gasteiger partial charge in [-0.3, -0.25) is 0 Å². The molecule has 0 radical (unpaired) electrons. The van der Waals surface area contributed by atoms with Gasteiger partial charge in [0.15, 0.2) is 0 Å². The summed E-state index contributed by atoms with van der Waals surface area (Å²) in [5, 5.41) is 2.37. The highest BCUT2D eigenvalue weighted by Gasteiger charge is 2.11. The monoisotopic (exact) mass is 307 g/mol. The zero-order valence-corrected chi connectivity index (χ0v) is 12.2. The number of pyridine rings is 1. The molecule has 0 fully saturated rings. The zero-order valence-electron chi connectivity index (χ0n) is 10.6. The fourth-order valence-electron chi connectivity index (χ4n) is 2.15. The number of aromatic nitrogens is 1. The molecule has 2 N–H and O–H groups in total. The first kappa shape index (κ1) is 13.3. The predicted molar refractivity (Wildman–Crippen MR) is 81.0 cm³/mol. The van der Waals surface area contributed by atoms with Gasteiger partial charge in [0, 0.05) is 41.1 Å². The molecule has 2 aromatic rings. The molecule has 0 aliphatic heterocycles. The normalized spacial score (nSPS) is 10.8. The topological polar surface area (TPSA) is 42.1 Å². The summed E-state index contributed by atoms with van der Waals surface area (Å²) in [7, 11) is 0. The summed E-state index contributed by atoms with van der Waals surface area (Å²) < 4.78 is 1.10. The van der Waals surface area contributed by atoms with Crippen molar-refractivity contribution in [3.05, 3.63) is 34.9 Å². The van der Waals surface area contributed by atoms with Gasteiger partial charge in [-0.25, -0.2) is 4.98 Å². The third-order valence-electron chi connectivity index (χ3n) is 2.92. The second-order valence-corrected chi connectivity index (χ2v) is 5.10. The van der Waals surface area contributed by atoms with Crippen LogP contribution in [0.15, 0.2) is 34.9 Å². The van der Waals surface area contributed by atoms with Crippen molar-refractivity contribution >= 4 is 32.5 Å². The molecule has 3 nitrogen and oxygen atoms in total. The summed E-state index contributed by atoms with van der Waals surface area (Å²) in [6.45, 7) is 4.64. The van der Waals surface area contributed by atoms with E-state index in [0.29, 0.717) is 6.54 Å². The van der Waals surface area contributed by atoms with E-state index in [2.05, 4.69) is 44.9 Å². The lowest BCUT2D eigenvalue weighted by molar-refractivity contribution is 0.754. The smallest absolute Gasteiger partial charge is 0.136 e. The second kappa shape index (κ2) is 6.16. The number of halogens is 1. The van der Waals surface area contributed by atoms with E-state index in [1.807, 2.05) is 18.3 Å². The Balaban J connectivity index is 2.51. The highest BCUT2D eigenvalue weighted by Crippen LogP contribution is 2.29. The Kier molecular flexibility index (Phi) is 4.55. The average Bonchev–Trinajstić information content (AvgIpc) is 2.38. The summed E-state index contributed by atoms with van der Waals surface area (Å²) in [6, 6.07) is 8.25. The number of fused-ring (bicyclic) bond motifs is 1. The van der Waals surface area contributed by atoms with Gasteiger partial charge in [-0.05, 0) is 18.6 Å². The van der Waals surface area contributed by atoms with Gasteiger partial charge in [-0.15, -0.1) is 0 Å². The SMILES string of the molecule is CCCN(CCN)c1nccc2c(Br)cccc12. The van der Waals surface area contributed by atoms with Crippen molar-refractivity contribution in [2.24, 2.45) is 5.73 Å². The van der Waals surface area contributed by atoms with Crippen LogP contribution >= 0.6 is 15.9 Å². The largest absolute Gasteiger partial charge is 0.355 e. The third-order valence-corrected chi connectivity index (χ3v) is 3.62. The Morgan fingerprint density at radius 1 is 1.22 bits per heavy atom. The minimum atomic E-state index is 0.645. The maximum atomic E-state index is 5.69. The highest BCUT2D eigenvalue weighted by atomic mass is 79.9. The van der Waals surface area contributed by atoms with Crippen LogP contribution in [0.1, 0.15) is 13.3 Å². The molecule has 1 aromatic carbocycles. The fraction of sp³-hybridized carbons (Fsp3) is 0.357. The van der Waals surface area contributed by atoms with E-state index in [9.17, 15) is 0 Å². The van der Waals surface area contributed by atoms with Gasteiger partial charge in [0.2, 0.25) is 0 Å². The maximum Gasteiger partial charge on any atom is 0.136 e. The minimum Gasteiger partial charge on any atom is -0.355 e. The number of nitrogens with two attached hydrogens (primary N) is 1. The van der Waals surface area contributed by atoms with Crippen molar-refractivity contribution in [1.29, 1.82) is 0 Å². The molecule has 1 aromatic heterocycles. The molecule has 0 saturated carbocycles. The second-order valence-electron chi connectivity index (χ2n) is 4.25. The van der Waals surface area contributed by atoms with Crippen molar-refractivity contribution in [1.82, 2.24) is 4.98 Å². The van der Waals surface area contributed by atoms with Gasteiger partial charge >= 0.3 is 0 Å². The molecule has 0 unspecified atom stereocenters. The molecule has 96 valence electrons. The zero-order chi connectivity index (χ0) is 13.0. The molecule has 1 heterocycles. The molecule has 18 heavy (non-hydrogen) atoms. The Morgan fingerprint density at radius 2 is 2.06 bits per heavy atom. The van der Waals surface area contributed by atoms with E-state index in [1.165, 1.54) is 10.8 Å². The number of hydrogen-bond donors (Lipinski definition) is 1. The Labute approximate surface area is 116 Å². The summed E-state index contributed by atoms with van der Waals surface area (Å²) in [5.41, 5.74) is 5.69. The summed E-state index contributed by atoms with van der Waals surface area (Å²) in [5.74, 6) is 1.03. The quantitative estimate of drug-likeness (QED) is 0.922. The molecule has 0 aliphatic carbocycles. The van der Waals surface area contributed by atoms with Crippen LogP contribution in [0.3, 0.4) is 0 Å². The standard InChI is InChI=1S/C14H18BrN3/c1-2-9-18(10-7-16)14-12-4-3-5-13(15)11(12)6-8-17-14/h3-6,8H,2,7,9-10,16H2,1H3. The van der Waals surface area contributed by atoms with E-state index in [-0.39, 0.29) is 0 Å². The van der Waals surface area contributed by atoms with Gasteiger partial charge in [0.25, 0.3) is 0 Å². The van der Waals surface area contributed by atoms with Crippen molar-refractivity contribution < 1.29 is 0 Å². The van der Waals surface area contributed by atoms with Crippen LogP contribution in [0.2, 0.25) is 0 Å². The molecule has 0 bridgehead atoms. The molecule has 4 heteroatoms. The predicted octanol–water partition coefficient (Wildman–Crippen LogP) is 3.17. The van der Waals surface area contributed by atoms with Crippen LogP contribution in [0.25, 0.3) is 10.8 Å². The molecule has 2 rings (SSSR count). The van der Waals surface area contributed by atoms with E-state index >= 15 is 0 Å². The van der Waals surface area contributed by atoms with Gasteiger partial charge < -0.3 is 10.6 Å². The molecule has 0 atom stereocenters. The van der Waals surface area contributed by atoms with E-state index < -0.39 is 0 Å². The Hall–Kier alpha value is -1.13. The van der Waals surface area contributed by atoms with Crippen LogP contribution in [0.5, 0.6) is 0 Å². The Bertz CT molecular complexity index is 521. The summed E-state index contributed by atoms with van der Waals surface area (Å²) in [4.78, 5) is 6.79. The first-order valence-electron chi connectivity index (χ1n) is 6.26. The minimum absolute atomic E-state index is 0.645. The number of benzene rings is 1. The van der Waals surface area contributed by atoms with Crippen molar-refractivity contribution in [3.8, 4) is 0 Å². The van der Waals surface area contributed by atoms with Crippen LogP contribution in [-0.4, -0.2) is 24.6 Å². The molecule has 0 amide bonds. The maximum absolute atomic E-state index is 5.69. The van der Waals surface area contributed by atoms with Crippen molar-refractivity contribution in [3.63, 3.8) is 0 Å². The lowest BCUT2D eigenvalue weighted by Crippen LogP contribution is -2.30. The lowest BCUT2D eigenvalue weighted by atomic mass is 10.1. The van der Waals surface area contributed by atoms with Gasteiger partial charge in [0.05, 0.1) is 0 Å². The molecule has 0 aliphatic rings. The van der Waals surface area contributed by atoms with Gasteiger partial charge in [-0.1, -0.05) is 35.0 Å². The summed E-state index contributed by atoms with van der Waals surface area (Å²) >= 11 is 3.59. The van der Waals surface area contributed by atoms with E-state index in [4.69, 9.17) is 5.73 Å². The van der Waals surface area contributed by atoms with Crippen LogP contribution in [0, 0.1) is 0 Å². The van der Waals surface area contributed by atoms with E-state index in [1.54, 1.807) is 0 Å². The molecule has 0 spiro atoms. The van der Waals surface area contributed by atoms with Gasteiger partial charge in [0.1, 0.15) is 5.82 Å². The van der Waals surface area contributed by atoms with Crippen LogP contribution < -0.4 is 10.6 Å². The Morgan fingerprint density at radius 3 is 2.78 bits per heavy atom. The molecule has 0 saturated heterocycles. The molecular formula is C14H18BrN3. The summed E-state index contributed by atoms with van der Waals surface area (Å²) in [6.07, 6.45) is 2.95. The average molecular weight is 308 g/mol. The van der Waals surface area contributed by atoms with Crippen LogP contribution in [0.4, 0.5) is 5.82 Å². The fourth-order valence-corrected chi connectivity index (χ4v) is 2.65. The number of rotatable bonds is 5. The lowest BCUT2D eigenvalue weighted by Gasteiger charge is -2.24.